The van der Waals surface area contributed by atoms with Crippen LogP contribution in [0.5, 0.6) is 0 Å². The highest BCUT2D eigenvalue weighted by molar-refractivity contribution is 8.44. The highest BCUT2D eigenvalue weighted by Crippen LogP contribution is 2.58. The Morgan fingerprint density at radius 3 is 2.49 bits per heavy atom. The molecule has 10 atom stereocenters. The summed E-state index contributed by atoms with van der Waals surface area (Å²) in [5.74, 6) is -0.202. The lowest BCUT2D eigenvalue weighted by Gasteiger charge is -2.34. The molecule has 2 unspecified atom stereocenters. The number of alkyl halides is 1. The van der Waals surface area contributed by atoms with E-state index in [1.165, 1.54) is 17.2 Å². The van der Waals surface area contributed by atoms with E-state index in [-0.39, 0.29) is 34.1 Å². The molecule has 0 spiro atoms. The summed E-state index contributed by atoms with van der Waals surface area (Å²) < 4.78 is 65.4. The van der Waals surface area contributed by atoms with E-state index in [2.05, 4.69) is 42.2 Å². The molecule has 3 aliphatic rings. The molecule has 2 bridgehead atoms. The summed E-state index contributed by atoms with van der Waals surface area (Å²) in [4.78, 5) is 48.1. The summed E-state index contributed by atoms with van der Waals surface area (Å²) in [5, 5.41) is 11.1. The maximum Gasteiger partial charge on any atom is 0.386 e. The van der Waals surface area contributed by atoms with Crippen LogP contribution in [0, 0.1) is 0 Å². The smallest absolute Gasteiger partial charge is 0.386 e. The largest absolute Gasteiger partial charge is 0.780 e. The van der Waals surface area contributed by atoms with Crippen LogP contribution in [0.4, 0.5) is 16.2 Å². The summed E-state index contributed by atoms with van der Waals surface area (Å²) in [6, 6.07) is 0. The normalized spacial score (nSPS) is 37.7. The predicted molar refractivity (Wildman–Crippen MR) is 154 cm³/mol. The zero-order chi connectivity index (χ0) is 31.8. The van der Waals surface area contributed by atoms with Crippen LogP contribution < -0.4 is 21.9 Å². The highest BCUT2D eigenvalue weighted by atomic mass is 32.7. The minimum Gasteiger partial charge on any atom is -0.780 e. The van der Waals surface area contributed by atoms with Crippen LogP contribution in [0.1, 0.15) is 12.5 Å². The van der Waals surface area contributed by atoms with E-state index in [9.17, 15) is 19.4 Å². The molecule has 0 radical (unpaired) electrons. The van der Waals surface area contributed by atoms with E-state index in [4.69, 9.17) is 50.8 Å². The zero-order valence-corrected chi connectivity index (χ0v) is 25.8. The van der Waals surface area contributed by atoms with E-state index in [0.29, 0.717) is 0 Å². The van der Waals surface area contributed by atoms with Crippen LogP contribution in [0.15, 0.2) is 23.8 Å². The summed E-state index contributed by atoms with van der Waals surface area (Å²) >= 11 is 9.10. The van der Waals surface area contributed by atoms with Gasteiger partial charge < -0.3 is 40.0 Å². The standard InChI is InChI=1S/C20H23FN10O10P2S2/c21-8-12-7(39-18(8)31-5-27-10-16(31)28-20(23)29-17(10)33)2-37-43(35,45)41-13-11(32)6(1-36-42(34,44)40-12)38-19(13)30-4-26-9-14(22)24-3-25-15(9)30/h3-8,11-13,18-19,32H,1-2H2,(H,34,44)(H,35,45)(H2,22,24,25)(H3,23,28,29,33)/p-1/t6-,7-,8-,11-,12-,13-,18-,19-,42?,43?/m1/s1. The van der Waals surface area contributed by atoms with E-state index in [1.54, 1.807) is 0 Å². The van der Waals surface area contributed by atoms with Crippen molar-refractivity contribution in [2.75, 3.05) is 24.7 Å². The van der Waals surface area contributed by atoms with Crippen molar-refractivity contribution in [2.45, 2.75) is 49.1 Å². The molecule has 7 rings (SSSR count). The number of halogens is 1. The Balaban J connectivity index is 1.21. The van der Waals surface area contributed by atoms with Crippen LogP contribution in [0.3, 0.4) is 0 Å². The molecule has 242 valence electrons. The van der Waals surface area contributed by atoms with Gasteiger partial charge in [0.1, 0.15) is 49.1 Å². The number of aromatic amines is 1. The van der Waals surface area contributed by atoms with Gasteiger partial charge in [-0.15, -0.1) is 0 Å². The summed E-state index contributed by atoms with van der Waals surface area (Å²) in [6.07, 6.45) is -8.86. The molecular formula is C20H22FN10O10P2S2-. The Bertz CT molecular complexity index is 1950. The first-order valence-electron chi connectivity index (χ1n) is 12.9. The molecule has 4 aromatic heterocycles. The van der Waals surface area contributed by atoms with Gasteiger partial charge in [0, 0.05) is 0 Å². The van der Waals surface area contributed by atoms with Crippen molar-refractivity contribution in [3.8, 4) is 0 Å². The van der Waals surface area contributed by atoms with Gasteiger partial charge in [-0.25, -0.2) is 28.9 Å². The minimum absolute atomic E-state index is 0.0626. The van der Waals surface area contributed by atoms with E-state index >= 15 is 4.39 Å². The number of anilines is 2. The van der Waals surface area contributed by atoms with Crippen molar-refractivity contribution < 1.29 is 46.5 Å². The molecule has 7 heterocycles. The molecule has 3 fully saturated rings. The maximum absolute atomic E-state index is 16.0. The number of H-pyrrole nitrogens is 1. The number of thiol groups is 1. The number of aromatic nitrogens is 8. The van der Waals surface area contributed by atoms with Crippen molar-refractivity contribution in [3.05, 3.63) is 29.3 Å². The number of aliphatic hydroxyl groups is 1. The second-order valence-corrected chi connectivity index (χ2v) is 15.7. The number of fused-ring (bicyclic) bond motifs is 5. The Morgan fingerprint density at radius 2 is 1.71 bits per heavy atom. The van der Waals surface area contributed by atoms with Gasteiger partial charge in [0.25, 0.3) is 5.56 Å². The van der Waals surface area contributed by atoms with E-state index in [0.717, 1.165) is 10.9 Å². The van der Waals surface area contributed by atoms with Gasteiger partial charge in [-0.3, -0.25) is 28.0 Å². The lowest BCUT2D eigenvalue weighted by atomic mass is 10.1. The van der Waals surface area contributed by atoms with Gasteiger partial charge in [0.05, 0.1) is 25.9 Å². The lowest BCUT2D eigenvalue weighted by Crippen LogP contribution is -2.36. The van der Waals surface area contributed by atoms with Crippen LogP contribution >= 0.6 is 25.8 Å². The third-order valence-electron chi connectivity index (χ3n) is 7.27. The van der Waals surface area contributed by atoms with Crippen LogP contribution in [0.2, 0.25) is 0 Å². The quantitative estimate of drug-likeness (QED) is 0.124. The fourth-order valence-electron chi connectivity index (χ4n) is 5.25. The minimum atomic E-state index is -4.51. The molecule has 0 amide bonds. The Hall–Kier alpha value is -2.66. The molecule has 3 saturated heterocycles. The van der Waals surface area contributed by atoms with Gasteiger partial charge in [0.2, 0.25) is 5.95 Å². The molecular weight excluding hydrogens is 685 g/mol. The first-order valence-corrected chi connectivity index (χ1v) is 18.1. The summed E-state index contributed by atoms with van der Waals surface area (Å²) in [6.45, 7) is -10.3. The molecule has 0 aliphatic carbocycles. The molecule has 0 saturated carbocycles. The lowest BCUT2D eigenvalue weighted by molar-refractivity contribution is -0.218. The molecule has 3 aliphatic heterocycles. The van der Waals surface area contributed by atoms with Gasteiger partial charge in [-0.1, -0.05) is 24.1 Å². The molecule has 4 aromatic rings. The first-order chi connectivity index (χ1) is 21.3. The van der Waals surface area contributed by atoms with Gasteiger partial charge in [0.15, 0.2) is 41.3 Å². The Labute approximate surface area is 260 Å². The van der Waals surface area contributed by atoms with Crippen molar-refractivity contribution in [1.82, 2.24) is 39.0 Å². The number of nitrogens with two attached hydrogens (primary N) is 2. The van der Waals surface area contributed by atoms with Crippen LogP contribution in [0.25, 0.3) is 22.3 Å². The average molecular weight is 708 g/mol. The number of nitrogen functional groups attached to an aromatic ring is 2. The number of nitrogens with zero attached hydrogens (tertiary/aromatic N) is 7. The van der Waals surface area contributed by atoms with Gasteiger partial charge in [-0.05, 0) is 0 Å². The van der Waals surface area contributed by atoms with Crippen LogP contribution in [-0.4, -0.2) is 94.0 Å². The number of hydrogen-bond acceptors (Lipinski definition) is 18. The monoisotopic (exact) mass is 707 g/mol. The van der Waals surface area contributed by atoms with Crippen molar-refractivity contribution >= 4 is 71.7 Å². The number of nitrogens with one attached hydrogen (secondary N) is 1. The molecule has 20 nitrogen and oxygen atoms in total. The second-order valence-electron chi connectivity index (χ2n) is 10.1. The fourth-order valence-corrected chi connectivity index (χ4v) is 8.13. The molecule has 6 N–H and O–H groups in total. The van der Waals surface area contributed by atoms with E-state index in [1.807, 2.05) is 0 Å². The topological polar surface area (TPSA) is 275 Å². The third kappa shape index (κ3) is 5.55. The van der Waals surface area contributed by atoms with E-state index < -0.39 is 81.4 Å². The van der Waals surface area contributed by atoms with Crippen LogP contribution in [-0.2, 0) is 43.9 Å². The Kier molecular flexibility index (Phi) is 7.74. The maximum atomic E-state index is 16.0. The molecule has 0 aromatic carbocycles. The number of ether oxygens (including phenoxy) is 2. The number of rotatable bonds is 2. The highest BCUT2D eigenvalue weighted by Gasteiger charge is 2.52. The molecule has 25 heteroatoms. The SMILES string of the molecule is Nc1nc2c(ncn2[C@@H]2O[C@@H]3COP([O-])(=S)O[C@@H]4[C@H](O)[C@@H](COP(=O)(S)O[C@H]3[C@H]2F)O[C@H]4n2cnc3c(N)ncnc32)c(=O)[nH]1. The average Bonchev–Trinajstić information content (AvgIpc) is 3.72. The van der Waals surface area contributed by atoms with Crippen molar-refractivity contribution in [2.24, 2.45) is 0 Å². The number of aliphatic hydroxyl groups excluding tert-OH is 1. The third-order valence-corrected chi connectivity index (χ3v) is 10.4. The fraction of sp³-hybridized carbons (Fsp3) is 0.500. The van der Waals surface area contributed by atoms with Gasteiger partial charge in [-0.2, -0.15) is 4.98 Å². The Morgan fingerprint density at radius 1 is 1.02 bits per heavy atom. The number of hydrogen-bond donors (Lipinski definition) is 5. The zero-order valence-electron chi connectivity index (χ0n) is 22.3. The van der Waals surface area contributed by atoms with Gasteiger partial charge >= 0.3 is 6.80 Å². The molecule has 45 heavy (non-hydrogen) atoms. The summed E-state index contributed by atoms with van der Waals surface area (Å²) in [7, 11) is 0. The van der Waals surface area contributed by atoms with Crippen molar-refractivity contribution in [1.29, 1.82) is 0 Å². The van der Waals surface area contributed by atoms with Crippen molar-refractivity contribution in [3.63, 3.8) is 0 Å². The first kappa shape index (κ1) is 31.0. The summed E-state index contributed by atoms with van der Waals surface area (Å²) in [5.41, 5.74) is 11.0. The second kappa shape index (κ2) is 11.2. The number of imidazole rings is 2. The predicted octanol–water partition coefficient (Wildman–Crippen LogP) is -0.942.